The maximum atomic E-state index is 5.48. The first kappa shape index (κ1) is 19.1. The van der Waals surface area contributed by atoms with Crippen molar-refractivity contribution in [1.82, 2.24) is 9.97 Å². The van der Waals surface area contributed by atoms with Crippen LogP contribution in [0.25, 0.3) is 0 Å². The van der Waals surface area contributed by atoms with Crippen molar-refractivity contribution in [2.24, 2.45) is 0 Å². The molecule has 4 rings (SSSR count). The first-order valence-corrected chi connectivity index (χ1v) is 10.2. The van der Waals surface area contributed by atoms with Gasteiger partial charge in [-0.3, -0.25) is 0 Å². The molecule has 1 saturated heterocycles. The van der Waals surface area contributed by atoms with Crippen molar-refractivity contribution in [2.45, 2.75) is 26.2 Å². The molecule has 2 aromatic carbocycles. The van der Waals surface area contributed by atoms with Gasteiger partial charge in [0.25, 0.3) is 0 Å². The number of nitrogens with one attached hydrogen (secondary N) is 2. The second kappa shape index (κ2) is 9.28. The quantitative estimate of drug-likeness (QED) is 0.568. The Morgan fingerprint density at radius 2 is 1.55 bits per heavy atom. The van der Waals surface area contributed by atoms with E-state index in [1.165, 1.54) is 24.9 Å². The molecule has 6 nitrogen and oxygen atoms in total. The van der Waals surface area contributed by atoms with Crippen molar-refractivity contribution in [3.63, 3.8) is 0 Å². The van der Waals surface area contributed by atoms with Gasteiger partial charge in [-0.1, -0.05) is 0 Å². The number of hydrogen-bond donors (Lipinski definition) is 2. The molecule has 3 aromatic rings. The number of hydrogen-bond acceptors (Lipinski definition) is 6. The molecule has 0 bridgehead atoms. The predicted octanol–water partition coefficient (Wildman–Crippen LogP) is 5.35. The highest BCUT2D eigenvalue weighted by molar-refractivity contribution is 5.62. The molecule has 1 fully saturated rings. The largest absolute Gasteiger partial charge is 0.494 e. The molecule has 150 valence electrons. The summed E-state index contributed by atoms with van der Waals surface area (Å²) < 4.78 is 5.48. The maximum absolute atomic E-state index is 5.48. The molecule has 0 radical (unpaired) electrons. The number of ether oxygens (including phenoxy) is 1. The molecule has 0 saturated carbocycles. The van der Waals surface area contributed by atoms with Crippen molar-refractivity contribution < 1.29 is 4.74 Å². The number of rotatable bonds is 7. The van der Waals surface area contributed by atoms with Crippen LogP contribution in [0, 0.1) is 0 Å². The summed E-state index contributed by atoms with van der Waals surface area (Å²) in [6.45, 7) is 4.93. The van der Waals surface area contributed by atoms with E-state index in [4.69, 9.17) is 4.74 Å². The van der Waals surface area contributed by atoms with Crippen LogP contribution in [0.5, 0.6) is 5.75 Å². The molecule has 0 atom stereocenters. The van der Waals surface area contributed by atoms with Gasteiger partial charge in [0.05, 0.1) is 6.61 Å². The molecular weight excluding hydrogens is 362 g/mol. The van der Waals surface area contributed by atoms with E-state index in [-0.39, 0.29) is 0 Å². The minimum atomic E-state index is 0.562. The monoisotopic (exact) mass is 389 g/mol. The third-order valence-electron chi connectivity index (χ3n) is 4.94. The van der Waals surface area contributed by atoms with Gasteiger partial charge in [-0.15, -0.1) is 0 Å². The van der Waals surface area contributed by atoms with Gasteiger partial charge < -0.3 is 20.3 Å². The minimum Gasteiger partial charge on any atom is -0.494 e. The Morgan fingerprint density at radius 1 is 0.862 bits per heavy atom. The van der Waals surface area contributed by atoms with Crippen LogP contribution in [0.4, 0.5) is 28.8 Å². The topological polar surface area (TPSA) is 62.3 Å². The van der Waals surface area contributed by atoms with Crippen LogP contribution in [-0.2, 0) is 0 Å². The van der Waals surface area contributed by atoms with E-state index in [2.05, 4.69) is 49.8 Å². The molecule has 2 heterocycles. The van der Waals surface area contributed by atoms with E-state index in [0.29, 0.717) is 12.6 Å². The van der Waals surface area contributed by atoms with Crippen LogP contribution >= 0.6 is 0 Å². The Balaban J connectivity index is 1.39. The number of piperidine rings is 1. The van der Waals surface area contributed by atoms with Crippen molar-refractivity contribution in [3.05, 3.63) is 60.8 Å². The lowest BCUT2D eigenvalue weighted by molar-refractivity contribution is 0.340. The molecule has 2 N–H and O–H groups in total. The average Bonchev–Trinajstić information content (AvgIpc) is 2.77. The lowest BCUT2D eigenvalue weighted by Crippen LogP contribution is -2.29. The fourth-order valence-corrected chi connectivity index (χ4v) is 3.47. The third kappa shape index (κ3) is 5.16. The minimum absolute atomic E-state index is 0.562. The predicted molar refractivity (Wildman–Crippen MR) is 119 cm³/mol. The smallest absolute Gasteiger partial charge is 0.229 e. The highest BCUT2D eigenvalue weighted by Crippen LogP contribution is 2.24. The molecule has 0 aliphatic carbocycles. The molecule has 0 amide bonds. The molecular formula is C23H27N5O. The Morgan fingerprint density at radius 3 is 2.28 bits per heavy atom. The average molecular weight is 390 g/mol. The zero-order chi connectivity index (χ0) is 19.9. The number of aromatic nitrogens is 2. The summed E-state index contributed by atoms with van der Waals surface area (Å²) in [5.74, 6) is 2.15. The Bertz CT molecular complexity index is 905. The van der Waals surface area contributed by atoms with Gasteiger partial charge in [-0.25, -0.2) is 4.98 Å². The fourth-order valence-electron chi connectivity index (χ4n) is 3.47. The summed E-state index contributed by atoms with van der Waals surface area (Å²) in [5, 5.41) is 6.58. The molecule has 1 aliphatic rings. The molecule has 29 heavy (non-hydrogen) atoms. The molecule has 1 aromatic heterocycles. The van der Waals surface area contributed by atoms with Gasteiger partial charge in [0.15, 0.2) is 0 Å². The van der Waals surface area contributed by atoms with Crippen molar-refractivity contribution >= 4 is 28.8 Å². The summed E-state index contributed by atoms with van der Waals surface area (Å²) >= 11 is 0. The highest BCUT2D eigenvalue weighted by atomic mass is 16.5. The van der Waals surface area contributed by atoms with Crippen LogP contribution < -0.4 is 20.3 Å². The first-order chi connectivity index (χ1) is 14.3. The first-order valence-electron chi connectivity index (χ1n) is 10.2. The summed E-state index contributed by atoms with van der Waals surface area (Å²) in [7, 11) is 0. The number of benzene rings is 2. The summed E-state index contributed by atoms with van der Waals surface area (Å²) in [6, 6.07) is 18.2. The zero-order valence-electron chi connectivity index (χ0n) is 16.8. The van der Waals surface area contributed by atoms with E-state index in [0.717, 1.165) is 36.0 Å². The van der Waals surface area contributed by atoms with E-state index in [9.17, 15) is 0 Å². The van der Waals surface area contributed by atoms with Gasteiger partial charge in [-0.2, -0.15) is 4.98 Å². The van der Waals surface area contributed by atoms with Crippen LogP contribution in [-0.4, -0.2) is 29.7 Å². The fraction of sp³-hybridized carbons (Fsp3) is 0.304. The number of nitrogens with zero attached hydrogens (tertiary/aromatic N) is 3. The molecule has 6 heteroatoms. The summed E-state index contributed by atoms with van der Waals surface area (Å²) in [6.07, 6.45) is 5.65. The molecule has 0 spiro atoms. The van der Waals surface area contributed by atoms with Gasteiger partial charge in [-0.05, 0) is 80.8 Å². The molecule has 1 aliphatic heterocycles. The van der Waals surface area contributed by atoms with Crippen LogP contribution in [0.2, 0.25) is 0 Å². The SMILES string of the molecule is CCOc1ccc(Nc2ccnc(Nc3ccc(N4CCCCC4)cc3)n2)cc1. The van der Waals surface area contributed by atoms with Gasteiger partial charge in [0, 0.05) is 36.3 Å². The Hall–Kier alpha value is -3.28. The maximum Gasteiger partial charge on any atom is 0.229 e. The van der Waals surface area contributed by atoms with Gasteiger partial charge >= 0.3 is 0 Å². The van der Waals surface area contributed by atoms with Crippen molar-refractivity contribution in [1.29, 1.82) is 0 Å². The second-order valence-corrected chi connectivity index (χ2v) is 7.07. The van der Waals surface area contributed by atoms with Gasteiger partial charge in [0.1, 0.15) is 11.6 Å². The highest BCUT2D eigenvalue weighted by Gasteiger charge is 2.10. The van der Waals surface area contributed by atoms with Gasteiger partial charge in [0.2, 0.25) is 5.95 Å². The Kier molecular flexibility index (Phi) is 6.10. The molecule has 0 unspecified atom stereocenters. The standard InChI is InChI=1S/C23H27N5O/c1-2-29-21-12-8-18(9-13-21)25-22-14-15-24-23(27-22)26-19-6-10-20(11-7-19)28-16-4-3-5-17-28/h6-15H,2-5,16-17H2,1H3,(H2,24,25,26,27). The second-order valence-electron chi connectivity index (χ2n) is 7.07. The Labute approximate surface area is 172 Å². The third-order valence-corrected chi connectivity index (χ3v) is 4.94. The van der Waals surface area contributed by atoms with Crippen molar-refractivity contribution in [3.8, 4) is 5.75 Å². The van der Waals surface area contributed by atoms with Crippen LogP contribution in [0.1, 0.15) is 26.2 Å². The summed E-state index contributed by atoms with van der Waals surface area (Å²) in [4.78, 5) is 11.3. The lowest BCUT2D eigenvalue weighted by atomic mass is 10.1. The van der Waals surface area contributed by atoms with Crippen LogP contribution in [0.15, 0.2) is 60.8 Å². The van der Waals surface area contributed by atoms with Crippen molar-refractivity contribution in [2.75, 3.05) is 35.2 Å². The summed E-state index contributed by atoms with van der Waals surface area (Å²) in [5.41, 5.74) is 3.20. The number of anilines is 5. The lowest BCUT2D eigenvalue weighted by Gasteiger charge is -2.28. The van der Waals surface area contributed by atoms with E-state index < -0.39 is 0 Å². The van der Waals surface area contributed by atoms with E-state index >= 15 is 0 Å². The van der Waals surface area contributed by atoms with Crippen LogP contribution in [0.3, 0.4) is 0 Å². The zero-order valence-corrected chi connectivity index (χ0v) is 16.8. The van der Waals surface area contributed by atoms with E-state index in [1.54, 1.807) is 6.20 Å². The normalized spacial score (nSPS) is 13.8. The van der Waals surface area contributed by atoms with E-state index in [1.807, 2.05) is 37.3 Å².